The van der Waals surface area contributed by atoms with Gasteiger partial charge in [0.15, 0.2) is 0 Å². The molecule has 0 radical (unpaired) electrons. The maximum atomic E-state index is 12.2. The lowest BCUT2D eigenvalue weighted by Gasteiger charge is -2.26. The molecular formula is C22H25N3O3. The highest BCUT2D eigenvalue weighted by atomic mass is 16.5. The Morgan fingerprint density at radius 2 is 1.86 bits per heavy atom. The fourth-order valence-electron chi connectivity index (χ4n) is 2.81. The van der Waals surface area contributed by atoms with Crippen LogP contribution in [0.3, 0.4) is 0 Å². The molecule has 1 N–H and O–H groups in total. The van der Waals surface area contributed by atoms with E-state index in [2.05, 4.69) is 22.0 Å². The molecule has 146 valence electrons. The average Bonchev–Trinajstić information content (AvgIpc) is 2.74. The van der Waals surface area contributed by atoms with Crippen molar-refractivity contribution in [3.63, 3.8) is 0 Å². The van der Waals surface area contributed by atoms with Crippen molar-refractivity contribution in [1.29, 1.82) is 0 Å². The Labute approximate surface area is 165 Å². The lowest BCUT2D eigenvalue weighted by molar-refractivity contribution is 0.0342. The van der Waals surface area contributed by atoms with Crippen LogP contribution in [0.1, 0.15) is 21.5 Å². The summed E-state index contributed by atoms with van der Waals surface area (Å²) in [5.41, 5.74) is 5.18. The van der Waals surface area contributed by atoms with Crippen LogP contribution in [0.25, 0.3) is 0 Å². The topological polar surface area (TPSA) is 63.2 Å². The van der Waals surface area contributed by atoms with Crippen LogP contribution in [0.4, 0.5) is 0 Å². The summed E-state index contributed by atoms with van der Waals surface area (Å²) < 4.78 is 10.8. The Morgan fingerprint density at radius 1 is 1.14 bits per heavy atom. The van der Waals surface area contributed by atoms with E-state index in [1.807, 2.05) is 48.5 Å². The van der Waals surface area contributed by atoms with Gasteiger partial charge in [0.1, 0.15) is 12.4 Å². The number of hydrogen-bond acceptors (Lipinski definition) is 5. The molecule has 1 saturated heterocycles. The van der Waals surface area contributed by atoms with Gasteiger partial charge in [-0.2, -0.15) is 5.10 Å². The molecule has 0 atom stereocenters. The summed E-state index contributed by atoms with van der Waals surface area (Å²) in [6.07, 6.45) is 3.29. The molecule has 1 aliphatic rings. The Hall–Kier alpha value is -2.96. The second-order valence-corrected chi connectivity index (χ2v) is 6.45. The number of carbonyl (C=O) groups is 1. The van der Waals surface area contributed by atoms with Crippen LogP contribution >= 0.6 is 0 Å². The van der Waals surface area contributed by atoms with Crippen LogP contribution in [-0.2, 0) is 11.3 Å². The summed E-state index contributed by atoms with van der Waals surface area (Å²) in [6, 6.07) is 15.0. The number of ether oxygens (including phenoxy) is 2. The van der Waals surface area contributed by atoms with E-state index in [1.54, 1.807) is 12.3 Å². The lowest BCUT2D eigenvalue weighted by atomic mass is 10.1. The van der Waals surface area contributed by atoms with Gasteiger partial charge >= 0.3 is 0 Å². The van der Waals surface area contributed by atoms with Gasteiger partial charge in [0.25, 0.3) is 5.91 Å². The van der Waals surface area contributed by atoms with E-state index in [0.29, 0.717) is 12.2 Å². The Kier molecular flexibility index (Phi) is 7.35. The fraction of sp³-hybridized carbons (Fsp3) is 0.273. The van der Waals surface area contributed by atoms with E-state index in [1.165, 1.54) is 5.56 Å². The first-order chi connectivity index (χ1) is 13.7. The molecule has 0 aromatic heterocycles. The van der Waals surface area contributed by atoms with E-state index in [4.69, 9.17) is 9.47 Å². The van der Waals surface area contributed by atoms with Crippen LogP contribution in [0.2, 0.25) is 0 Å². The van der Waals surface area contributed by atoms with Gasteiger partial charge in [0.05, 0.1) is 19.4 Å². The van der Waals surface area contributed by atoms with Crippen molar-refractivity contribution in [2.45, 2.75) is 6.54 Å². The van der Waals surface area contributed by atoms with Gasteiger partial charge < -0.3 is 9.47 Å². The van der Waals surface area contributed by atoms with Crippen molar-refractivity contribution in [1.82, 2.24) is 10.3 Å². The first-order valence-corrected chi connectivity index (χ1v) is 9.31. The molecule has 6 heteroatoms. The Bertz CT molecular complexity index is 795. The molecule has 1 heterocycles. The fourth-order valence-corrected chi connectivity index (χ4v) is 2.81. The number of nitrogens with one attached hydrogen (secondary N) is 1. The molecule has 0 spiro atoms. The minimum Gasteiger partial charge on any atom is -0.490 e. The van der Waals surface area contributed by atoms with Gasteiger partial charge in [0.2, 0.25) is 0 Å². The summed E-state index contributed by atoms with van der Waals surface area (Å²) in [6.45, 7) is 8.40. The average molecular weight is 379 g/mol. The number of hydrazone groups is 1. The third-order valence-corrected chi connectivity index (χ3v) is 4.35. The van der Waals surface area contributed by atoms with Crippen LogP contribution in [0.15, 0.2) is 66.3 Å². The number of nitrogens with zero attached hydrogens (tertiary/aromatic N) is 2. The number of rotatable bonds is 8. The highest BCUT2D eigenvalue weighted by Crippen LogP contribution is 2.11. The largest absolute Gasteiger partial charge is 0.490 e. The van der Waals surface area contributed by atoms with Crippen LogP contribution < -0.4 is 10.2 Å². The Balaban J connectivity index is 1.48. The lowest BCUT2D eigenvalue weighted by Crippen LogP contribution is -2.35. The third kappa shape index (κ3) is 6.04. The normalized spacial score (nSPS) is 14.7. The molecular weight excluding hydrogens is 354 g/mol. The van der Waals surface area contributed by atoms with Crippen molar-refractivity contribution in [3.05, 3.63) is 77.9 Å². The zero-order valence-electron chi connectivity index (χ0n) is 15.8. The van der Waals surface area contributed by atoms with Crippen LogP contribution in [-0.4, -0.2) is 49.9 Å². The van der Waals surface area contributed by atoms with E-state index >= 15 is 0 Å². The summed E-state index contributed by atoms with van der Waals surface area (Å²) in [4.78, 5) is 14.6. The molecule has 2 aromatic carbocycles. The minimum absolute atomic E-state index is 0.236. The summed E-state index contributed by atoms with van der Waals surface area (Å²) in [7, 11) is 0. The zero-order valence-corrected chi connectivity index (χ0v) is 15.8. The van der Waals surface area contributed by atoms with Crippen LogP contribution in [0, 0.1) is 0 Å². The summed E-state index contributed by atoms with van der Waals surface area (Å²) >= 11 is 0. The van der Waals surface area contributed by atoms with Crippen molar-refractivity contribution >= 4 is 12.1 Å². The molecule has 3 rings (SSSR count). The molecule has 0 aliphatic carbocycles. The van der Waals surface area contributed by atoms with Crippen LogP contribution in [0.5, 0.6) is 5.75 Å². The molecule has 0 saturated carbocycles. The van der Waals surface area contributed by atoms with Gasteiger partial charge in [-0.1, -0.05) is 24.8 Å². The monoisotopic (exact) mass is 379 g/mol. The second-order valence-electron chi connectivity index (χ2n) is 6.45. The first kappa shape index (κ1) is 19.8. The minimum atomic E-state index is -0.236. The van der Waals surface area contributed by atoms with E-state index in [-0.39, 0.29) is 5.91 Å². The van der Waals surface area contributed by atoms with Gasteiger partial charge in [-0.15, -0.1) is 0 Å². The highest BCUT2D eigenvalue weighted by Gasteiger charge is 2.11. The molecule has 0 unspecified atom stereocenters. The van der Waals surface area contributed by atoms with Gasteiger partial charge in [-0.05, 0) is 47.5 Å². The highest BCUT2D eigenvalue weighted by molar-refractivity contribution is 5.94. The van der Waals surface area contributed by atoms with Crippen molar-refractivity contribution in [2.75, 3.05) is 32.9 Å². The zero-order chi connectivity index (χ0) is 19.6. The van der Waals surface area contributed by atoms with Crippen molar-refractivity contribution < 1.29 is 14.3 Å². The molecule has 1 amide bonds. The number of carbonyl (C=O) groups excluding carboxylic acids is 1. The number of hydrogen-bond donors (Lipinski definition) is 1. The number of amides is 1. The first-order valence-electron chi connectivity index (χ1n) is 9.31. The molecule has 0 bridgehead atoms. The van der Waals surface area contributed by atoms with E-state index in [9.17, 15) is 4.79 Å². The molecule has 1 fully saturated rings. The van der Waals surface area contributed by atoms with Gasteiger partial charge in [-0.25, -0.2) is 5.43 Å². The standard InChI is InChI=1S/C22H25N3O3/c1-2-13-28-21-9-5-18(6-10-21)16-23-24-22(26)20-7-3-19(4-8-20)17-25-11-14-27-15-12-25/h2-10,16H,1,11-15,17H2,(H,24,26)/b23-16-. The quantitative estimate of drug-likeness (QED) is 0.435. The molecule has 2 aromatic rings. The predicted molar refractivity (Wildman–Crippen MR) is 110 cm³/mol. The van der Waals surface area contributed by atoms with E-state index < -0.39 is 0 Å². The molecule has 28 heavy (non-hydrogen) atoms. The van der Waals surface area contributed by atoms with Gasteiger partial charge in [-0.3, -0.25) is 9.69 Å². The van der Waals surface area contributed by atoms with E-state index in [0.717, 1.165) is 44.2 Å². The number of morpholine rings is 1. The predicted octanol–water partition coefficient (Wildman–Crippen LogP) is 2.85. The van der Waals surface area contributed by atoms with Gasteiger partial charge in [0, 0.05) is 25.2 Å². The number of benzene rings is 2. The smallest absolute Gasteiger partial charge is 0.271 e. The van der Waals surface area contributed by atoms with Crippen molar-refractivity contribution in [2.24, 2.45) is 5.10 Å². The SMILES string of the molecule is C=CCOc1ccc(/C=N\NC(=O)c2ccc(CN3CCOCC3)cc2)cc1. The summed E-state index contributed by atoms with van der Waals surface area (Å²) in [5, 5.41) is 4.02. The Morgan fingerprint density at radius 3 is 2.54 bits per heavy atom. The molecule has 6 nitrogen and oxygen atoms in total. The maximum absolute atomic E-state index is 12.2. The maximum Gasteiger partial charge on any atom is 0.271 e. The third-order valence-electron chi connectivity index (χ3n) is 4.35. The van der Waals surface area contributed by atoms with Crippen molar-refractivity contribution in [3.8, 4) is 5.75 Å². The second kappa shape index (κ2) is 10.4. The summed E-state index contributed by atoms with van der Waals surface area (Å²) in [5.74, 6) is 0.526. The molecule has 1 aliphatic heterocycles.